The van der Waals surface area contributed by atoms with Crippen LogP contribution in [-0.2, 0) is 16.1 Å². The number of nitrogens with one attached hydrogen (secondary N) is 1. The average molecular weight is 582 g/mol. The lowest BCUT2D eigenvalue weighted by Crippen LogP contribution is -2.43. The van der Waals surface area contributed by atoms with Gasteiger partial charge in [0.25, 0.3) is 0 Å². The van der Waals surface area contributed by atoms with E-state index in [4.69, 9.17) is 4.74 Å². The third-order valence-corrected chi connectivity index (χ3v) is 8.25. The first-order chi connectivity index (χ1) is 20.8. The van der Waals surface area contributed by atoms with Gasteiger partial charge in [0.2, 0.25) is 5.91 Å². The van der Waals surface area contributed by atoms with Crippen molar-refractivity contribution in [1.29, 1.82) is 0 Å². The van der Waals surface area contributed by atoms with Gasteiger partial charge in [-0.2, -0.15) is 5.10 Å². The van der Waals surface area contributed by atoms with Gasteiger partial charge in [0, 0.05) is 6.54 Å². The second-order valence-corrected chi connectivity index (χ2v) is 11.4. The number of hydrogen-bond acceptors (Lipinski definition) is 6. The summed E-state index contributed by atoms with van der Waals surface area (Å²) in [6.07, 6.45) is 3.42. The maximum absolute atomic E-state index is 13.7. The molecule has 1 amide bonds. The maximum Gasteiger partial charge on any atom is 0.350 e. The van der Waals surface area contributed by atoms with Gasteiger partial charge < -0.3 is 10.1 Å². The largest absolute Gasteiger partial charge is 0.465 e. The van der Waals surface area contributed by atoms with Gasteiger partial charge in [0.05, 0.1) is 24.4 Å². The molecule has 9 heteroatoms. The molecule has 1 aliphatic rings. The number of carbonyl (C=O) groups is 2. The lowest BCUT2D eigenvalue weighted by Gasteiger charge is -2.37. The third-order valence-electron chi connectivity index (χ3n) is 8.25. The number of piperidine rings is 1. The van der Waals surface area contributed by atoms with Crippen LogP contribution in [-0.4, -0.2) is 51.3 Å². The number of benzene rings is 3. The molecular formula is C34H39N5O4. The number of hydrogen-bond donors (Lipinski definition) is 1. The number of nitrogens with zero attached hydrogens (tertiary/aromatic N) is 4. The molecule has 1 fully saturated rings. The van der Waals surface area contributed by atoms with Crippen LogP contribution in [0, 0.1) is 6.92 Å². The Morgan fingerprint density at radius 2 is 1.70 bits per heavy atom. The fourth-order valence-electron chi connectivity index (χ4n) is 5.87. The first kappa shape index (κ1) is 30.0. The second kappa shape index (κ2) is 13.2. The van der Waals surface area contributed by atoms with Gasteiger partial charge in [-0.1, -0.05) is 54.6 Å². The minimum Gasteiger partial charge on any atom is -0.465 e. The summed E-state index contributed by atoms with van der Waals surface area (Å²) in [6.45, 7) is 7.68. The Hall–Kier alpha value is -4.50. The SMILES string of the molecule is COC(=O)c1ccc(CNC(=O)C(c2ccccc2)N2CCC(c3ccc(-n4cnn(C(C)C)c4=O)cc3)CC2)cc1C. The summed E-state index contributed by atoms with van der Waals surface area (Å²) in [5.74, 6) is -0.0435. The standard InChI is InChI=1S/C34H39N5O4/c1-23(2)39-34(42)38(22-36-39)29-13-11-26(12-14-29)27-16-18-37(19-17-27)31(28-8-6-5-7-9-28)32(40)35-21-25-10-15-30(24(3)20-25)33(41)43-4/h5-15,20,22-23,27,31H,16-19,21H2,1-4H3,(H,35,40). The van der Waals surface area contributed by atoms with E-state index in [1.807, 2.05) is 75.4 Å². The van der Waals surface area contributed by atoms with E-state index in [1.54, 1.807) is 17.0 Å². The number of aromatic nitrogens is 3. The minimum absolute atomic E-state index is 0.00350. The molecule has 1 unspecified atom stereocenters. The maximum atomic E-state index is 13.7. The summed E-state index contributed by atoms with van der Waals surface area (Å²) < 4.78 is 7.90. The number of esters is 1. The molecule has 3 aromatic carbocycles. The van der Waals surface area contributed by atoms with Crippen LogP contribution in [0.3, 0.4) is 0 Å². The molecule has 9 nitrogen and oxygen atoms in total. The zero-order valence-electron chi connectivity index (χ0n) is 25.2. The van der Waals surface area contributed by atoms with Crippen molar-refractivity contribution in [3.8, 4) is 5.69 Å². The van der Waals surface area contributed by atoms with E-state index in [9.17, 15) is 14.4 Å². The van der Waals surface area contributed by atoms with Gasteiger partial charge in [0.15, 0.2) is 0 Å². The summed E-state index contributed by atoms with van der Waals surface area (Å²) >= 11 is 0. The number of carbonyl (C=O) groups excluding carboxylic acids is 2. The van der Waals surface area contributed by atoms with E-state index in [0.29, 0.717) is 18.0 Å². The Balaban J connectivity index is 1.25. The van der Waals surface area contributed by atoms with Crippen molar-refractivity contribution in [2.75, 3.05) is 20.2 Å². The third kappa shape index (κ3) is 6.62. The highest BCUT2D eigenvalue weighted by atomic mass is 16.5. The number of aryl methyl sites for hydroxylation is 1. The monoisotopic (exact) mass is 581 g/mol. The zero-order chi connectivity index (χ0) is 30.5. The van der Waals surface area contributed by atoms with Crippen LogP contribution in [0.5, 0.6) is 0 Å². The molecule has 1 aromatic heterocycles. The number of likely N-dealkylation sites (tertiary alicyclic amines) is 1. The Bertz CT molecular complexity index is 1620. The Morgan fingerprint density at radius 3 is 2.30 bits per heavy atom. The van der Waals surface area contributed by atoms with Crippen molar-refractivity contribution in [3.63, 3.8) is 0 Å². The molecule has 43 heavy (non-hydrogen) atoms. The Morgan fingerprint density at radius 1 is 1.00 bits per heavy atom. The van der Waals surface area contributed by atoms with Crippen molar-refractivity contribution in [2.24, 2.45) is 0 Å². The van der Waals surface area contributed by atoms with Gasteiger partial charge in [-0.05, 0) is 93.1 Å². The van der Waals surface area contributed by atoms with Crippen LogP contribution >= 0.6 is 0 Å². The summed E-state index contributed by atoms with van der Waals surface area (Å²) in [7, 11) is 1.37. The molecule has 224 valence electrons. The lowest BCUT2D eigenvalue weighted by atomic mass is 9.88. The van der Waals surface area contributed by atoms with E-state index >= 15 is 0 Å². The highest BCUT2D eigenvalue weighted by molar-refractivity contribution is 5.91. The van der Waals surface area contributed by atoms with Crippen molar-refractivity contribution >= 4 is 11.9 Å². The Labute approximate surface area is 252 Å². The van der Waals surface area contributed by atoms with Crippen LogP contribution < -0.4 is 11.0 Å². The Kier molecular flexibility index (Phi) is 9.21. The normalized spacial score (nSPS) is 14.9. The average Bonchev–Trinajstić information content (AvgIpc) is 3.42. The van der Waals surface area contributed by atoms with Crippen LogP contribution in [0.25, 0.3) is 5.69 Å². The molecule has 0 aliphatic carbocycles. The zero-order valence-corrected chi connectivity index (χ0v) is 25.2. The molecule has 0 bridgehead atoms. The molecule has 1 saturated heterocycles. The van der Waals surface area contributed by atoms with E-state index in [0.717, 1.165) is 48.3 Å². The summed E-state index contributed by atoms with van der Waals surface area (Å²) in [4.78, 5) is 40.5. The molecule has 1 aliphatic heterocycles. The smallest absolute Gasteiger partial charge is 0.350 e. The molecule has 5 rings (SSSR count). The van der Waals surface area contributed by atoms with E-state index in [1.165, 1.54) is 17.4 Å². The summed E-state index contributed by atoms with van der Waals surface area (Å²) in [5, 5.41) is 7.36. The summed E-state index contributed by atoms with van der Waals surface area (Å²) in [5.41, 5.74) is 5.11. The number of ether oxygens (including phenoxy) is 1. The predicted molar refractivity (Wildman–Crippen MR) is 165 cm³/mol. The highest BCUT2D eigenvalue weighted by Crippen LogP contribution is 2.33. The van der Waals surface area contributed by atoms with Crippen molar-refractivity contribution in [1.82, 2.24) is 24.6 Å². The number of rotatable bonds is 9. The van der Waals surface area contributed by atoms with E-state index in [2.05, 4.69) is 27.4 Å². The van der Waals surface area contributed by atoms with Gasteiger partial charge in [-0.25, -0.2) is 18.8 Å². The molecule has 0 spiro atoms. The summed E-state index contributed by atoms with van der Waals surface area (Å²) in [6, 6.07) is 23.2. The van der Waals surface area contributed by atoms with Crippen LogP contribution in [0.15, 0.2) is 83.9 Å². The van der Waals surface area contributed by atoms with Crippen LogP contribution in [0.4, 0.5) is 0 Å². The molecule has 0 radical (unpaired) electrons. The van der Waals surface area contributed by atoms with Gasteiger partial charge >= 0.3 is 11.7 Å². The fourth-order valence-corrected chi connectivity index (χ4v) is 5.87. The topological polar surface area (TPSA) is 98.5 Å². The van der Waals surface area contributed by atoms with E-state index < -0.39 is 6.04 Å². The molecule has 1 atom stereocenters. The van der Waals surface area contributed by atoms with Crippen molar-refractivity contribution in [3.05, 3.63) is 117 Å². The highest BCUT2D eigenvalue weighted by Gasteiger charge is 2.31. The van der Waals surface area contributed by atoms with E-state index in [-0.39, 0.29) is 23.6 Å². The van der Waals surface area contributed by atoms with Crippen LogP contribution in [0.2, 0.25) is 0 Å². The molecule has 4 aromatic rings. The second-order valence-electron chi connectivity index (χ2n) is 11.4. The fraction of sp³-hybridized carbons (Fsp3) is 0.353. The molecule has 2 heterocycles. The van der Waals surface area contributed by atoms with Crippen LogP contribution in [0.1, 0.15) is 77.3 Å². The van der Waals surface area contributed by atoms with Crippen molar-refractivity contribution in [2.45, 2.75) is 58.2 Å². The predicted octanol–water partition coefficient (Wildman–Crippen LogP) is 4.95. The lowest BCUT2D eigenvalue weighted by molar-refractivity contribution is -0.127. The van der Waals surface area contributed by atoms with Gasteiger partial charge in [-0.15, -0.1) is 0 Å². The quantitative estimate of drug-likeness (QED) is 0.281. The van der Waals surface area contributed by atoms with Gasteiger partial charge in [0.1, 0.15) is 12.4 Å². The van der Waals surface area contributed by atoms with Gasteiger partial charge in [-0.3, -0.25) is 9.69 Å². The minimum atomic E-state index is -0.399. The first-order valence-electron chi connectivity index (χ1n) is 14.8. The molecular weight excluding hydrogens is 542 g/mol. The number of amides is 1. The molecule has 0 saturated carbocycles. The first-order valence-corrected chi connectivity index (χ1v) is 14.8. The molecule has 1 N–H and O–H groups in total. The number of methoxy groups -OCH3 is 1. The van der Waals surface area contributed by atoms with Crippen molar-refractivity contribution < 1.29 is 14.3 Å².